The van der Waals surface area contributed by atoms with E-state index >= 15 is 0 Å². The van der Waals surface area contributed by atoms with E-state index in [0.717, 1.165) is 24.6 Å². The van der Waals surface area contributed by atoms with Crippen LogP contribution in [0.25, 0.3) is 5.65 Å². The number of rotatable bonds is 4. The molecule has 1 aliphatic carbocycles. The summed E-state index contributed by atoms with van der Waals surface area (Å²) in [4.78, 5) is 0. The van der Waals surface area contributed by atoms with Crippen LogP contribution in [-0.2, 0) is 6.54 Å². The van der Waals surface area contributed by atoms with Gasteiger partial charge in [-0.3, -0.25) is 4.40 Å². The molecular weight excluding hydrogens is 226 g/mol. The summed E-state index contributed by atoms with van der Waals surface area (Å²) in [6.07, 6.45) is 5.74. The molecule has 3 N–H and O–H groups in total. The van der Waals surface area contributed by atoms with E-state index in [-0.39, 0.29) is 0 Å². The Labute approximate surface area is 106 Å². The first-order chi connectivity index (χ1) is 8.88. The number of aromatic nitrogens is 3. The van der Waals surface area contributed by atoms with Gasteiger partial charge in [-0.25, -0.2) is 0 Å². The van der Waals surface area contributed by atoms with Crippen LogP contribution in [0.5, 0.6) is 0 Å². The third kappa shape index (κ3) is 2.11. The minimum atomic E-state index is 0.533. The Balaban J connectivity index is 1.69. The van der Waals surface area contributed by atoms with Gasteiger partial charge in [0.1, 0.15) is 0 Å². The third-order valence-corrected chi connectivity index (χ3v) is 3.87. The van der Waals surface area contributed by atoms with Crippen LogP contribution in [0, 0.1) is 5.92 Å². The van der Waals surface area contributed by atoms with Crippen molar-refractivity contribution in [3.8, 4) is 0 Å². The van der Waals surface area contributed by atoms with Crippen molar-refractivity contribution in [3.05, 3.63) is 30.2 Å². The Kier molecular flexibility index (Phi) is 3.25. The normalized spacial score (nSPS) is 23.8. The van der Waals surface area contributed by atoms with Gasteiger partial charge in [-0.1, -0.05) is 12.5 Å². The average molecular weight is 245 g/mol. The highest BCUT2D eigenvalue weighted by Crippen LogP contribution is 2.24. The van der Waals surface area contributed by atoms with Crippen LogP contribution >= 0.6 is 0 Å². The molecule has 5 nitrogen and oxygen atoms in total. The van der Waals surface area contributed by atoms with E-state index in [9.17, 15) is 0 Å². The zero-order valence-corrected chi connectivity index (χ0v) is 10.4. The summed E-state index contributed by atoms with van der Waals surface area (Å²) < 4.78 is 2.03. The van der Waals surface area contributed by atoms with E-state index in [4.69, 9.17) is 5.73 Å². The summed E-state index contributed by atoms with van der Waals surface area (Å²) in [6.45, 7) is 1.53. The second kappa shape index (κ2) is 5.04. The fourth-order valence-electron chi connectivity index (χ4n) is 2.82. The number of pyridine rings is 1. The van der Waals surface area contributed by atoms with Crippen molar-refractivity contribution in [2.45, 2.75) is 31.8 Å². The second-order valence-corrected chi connectivity index (χ2v) is 4.96. The van der Waals surface area contributed by atoms with E-state index in [1.165, 1.54) is 19.3 Å². The molecule has 3 rings (SSSR count). The molecule has 1 fully saturated rings. The molecule has 5 heteroatoms. The van der Waals surface area contributed by atoms with Crippen LogP contribution < -0.4 is 11.1 Å². The fraction of sp³-hybridized carbons (Fsp3) is 0.538. The summed E-state index contributed by atoms with van der Waals surface area (Å²) in [7, 11) is 0. The van der Waals surface area contributed by atoms with E-state index < -0.39 is 0 Å². The van der Waals surface area contributed by atoms with E-state index in [1.807, 2.05) is 28.8 Å². The Bertz CT molecular complexity index is 521. The maximum Gasteiger partial charge on any atom is 0.160 e. The molecule has 0 aliphatic heterocycles. The summed E-state index contributed by atoms with van der Waals surface area (Å²) in [5.41, 5.74) is 6.69. The minimum absolute atomic E-state index is 0.533. The van der Waals surface area contributed by atoms with Crippen molar-refractivity contribution in [3.63, 3.8) is 0 Å². The molecule has 2 heterocycles. The van der Waals surface area contributed by atoms with Gasteiger partial charge in [0.15, 0.2) is 11.5 Å². The van der Waals surface area contributed by atoms with Crippen LogP contribution in [0.1, 0.15) is 25.1 Å². The smallest absolute Gasteiger partial charge is 0.160 e. The number of nitrogens with two attached hydrogens (primary N) is 1. The fourth-order valence-corrected chi connectivity index (χ4v) is 2.82. The van der Waals surface area contributed by atoms with Crippen molar-refractivity contribution in [1.82, 2.24) is 19.9 Å². The van der Waals surface area contributed by atoms with Crippen LogP contribution in [0.3, 0.4) is 0 Å². The summed E-state index contributed by atoms with van der Waals surface area (Å²) in [5, 5.41) is 12.0. The van der Waals surface area contributed by atoms with Gasteiger partial charge in [-0.05, 0) is 37.4 Å². The topological polar surface area (TPSA) is 68.2 Å². The van der Waals surface area contributed by atoms with Gasteiger partial charge < -0.3 is 11.1 Å². The minimum Gasteiger partial charge on any atom is -0.330 e. The van der Waals surface area contributed by atoms with E-state index in [0.29, 0.717) is 12.0 Å². The Morgan fingerprint density at radius 1 is 1.33 bits per heavy atom. The second-order valence-electron chi connectivity index (χ2n) is 4.96. The molecule has 96 valence electrons. The first-order valence-corrected chi connectivity index (χ1v) is 6.60. The zero-order valence-electron chi connectivity index (χ0n) is 10.4. The molecule has 0 aromatic carbocycles. The molecule has 0 saturated heterocycles. The molecule has 2 atom stereocenters. The molecule has 1 saturated carbocycles. The SMILES string of the molecule is NCC1CCCC1NCc1nnc2ccccn12. The highest BCUT2D eigenvalue weighted by atomic mass is 15.3. The highest BCUT2D eigenvalue weighted by molar-refractivity contribution is 5.36. The van der Waals surface area contributed by atoms with Crippen molar-refractivity contribution >= 4 is 5.65 Å². The van der Waals surface area contributed by atoms with Crippen LogP contribution in [0.15, 0.2) is 24.4 Å². The maximum atomic E-state index is 5.79. The average Bonchev–Trinajstić information content (AvgIpc) is 3.02. The lowest BCUT2D eigenvalue weighted by atomic mass is 10.0. The van der Waals surface area contributed by atoms with Crippen LogP contribution in [-0.4, -0.2) is 27.2 Å². The Morgan fingerprint density at radius 3 is 3.17 bits per heavy atom. The lowest BCUT2D eigenvalue weighted by molar-refractivity contribution is 0.401. The van der Waals surface area contributed by atoms with E-state index in [1.54, 1.807) is 0 Å². The number of fused-ring (bicyclic) bond motifs is 1. The van der Waals surface area contributed by atoms with E-state index in [2.05, 4.69) is 15.5 Å². The lowest BCUT2D eigenvalue weighted by Crippen LogP contribution is -2.35. The molecule has 2 aromatic heterocycles. The zero-order chi connectivity index (χ0) is 12.4. The van der Waals surface area contributed by atoms with Gasteiger partial charge in [-0.15, -0.1) is 10.2 Å². The standard InChI is InChI=1S/C13H19N5/c14-8-10-4-3-5-11(10)15-9-13-17-16-12-6-1-2-7-18(12)13/h1-2,6-7,10-11,15H,3-5,8-9,14H2. The number of hydrogen-bond acceptors (Lipinski definition) is 4. The summed E-state index contributed by atoms with van der Waals surface area (Å²) in [6, 6.07) is 6.47. The number of hydrogen-bond donors (Lipinski definition) is 2. The molecule has 1 aliphatic rings. The molecule has 18 heavy (non-hydrogen) atoms. The van der Waals surface area contributed by atoms with Gasteiger partial charge in [0.25, 0.3) is 0 Å². The predicted molar refractivity (Wildman–Crippen MR) is 70.0 cm³/mol. The lowest BCUT2D eigenvalue weighted by Gasteiger charge is -2.18. The quantitative estimate of drug-likeness (QED) is 0.841. The van der Waals surface area contributed by atoms with Gasteiger partial charge in [0.2, 0.25) is 0 Å². The molecule has 0 radical (unpaired) electrons. The first kappa shape index (κ1) is 11.6. The molecule has 2 unspecified atom stereocenters. The van der Waals surface area contributed by atoms with Gasteiger partial charge >= 0.3 is 0 Å². The molecule has 0 amide bonds. The summed E-state index contributed by atoms with van der Waals surface area (Å²) in [5.74, 6) is 1.58. The van der Waals surface area contributed by atoms with Crippen LogP contribution in [0.2, 0.25) is 0 Å². The third-order valence-electron chi connectivity index (χ3n) is 3.87. The largest absolute Gasteiger partial charge is 0.330 e. The van der Waals surface area contributed by atoms with Crippen molar-refractivity contribution in [1.29, 1.82) is 0 Å². The van der Waals surface area contributed by atoms with Gasteiger partial charge in [-0.2, -0.15) is 0 Å². The molecule has 0 bridgehead atoms. The molecular formula is C13H19N5. The predicted octanol–water partition coefficient (Wildman–Crippen LogP) is 0.946. The monoisotopic (exact) mass is 245 g/mol. The van der Waals surface area contributed by atoms with Gasteiger partial charge in [0.05, 0.1) is 6.54 Å². The molecule has 0 spiro atoms. The number of nitrogens with one attached hydrogen (secondary N) is 1. The maximum absolute atomic E-state index is 5.79. The van der Waals surface area contributed by atoms with Crippen molar-refractivity contribution in [2.24, 2.45) is 11.7 Å². The molecule has 2 aromatic rings. The van der Waals surface area contributed by atoms with Crippen molar-refractivity contribution < 1.29 is 0 Å². The Hall–Kier alpha value is -1.46. The van der Waals surface area contributed by atoms with Gasteiger partial charge in [0, 0.05) is 12.2 Å². The number of nitrogens with zero attached hydrogens (tertiary/aromatic N) is 3. The van der Waals surface area contributed by atoms with Crippen molar-refractivity contribution in [2.75, 3.05) is 6.54 Å². The van der Waals surface area contributed by atoms with Crippen LogP contribution in [0.4, 0.5) is 0 Å². The summed E-state index contributed by atoms with van der Waals surface area (Å²) >= 11 is 0. The highest BCUT2D eigenvalue weighted by Gasteiger charge is 2.25. The Morgan fingerprint density at radius 2 is 2.28 bits per heavy atom. The first-order valence-electron chi connectivity index (χ1n) is 6.60.